The number of hydrogen-bond donors (Lipinski definition) is 2. The fourth-order valence-electron chi connectivity index (χ4n) is 3.86. The van der Waals surface area contributed by atoms with Crippen molar-refractivity contribution in [2.24, 2.45) is 0 Å². The summed E-state index contributed by atoms with van der Waals surface area (Å²) in [5, 5.41) is 6.56. The number of hydrogen-bond acceptors (Lipinski definition) is 2. The summed E-state index contributed by atoms with van der Waals surface area (Å²) in [4.78, 5) is 17.2. The van der Waals surface area contributed by atoms with Crippen molar-refractivity contribution >= 4 is 28.1 Å². The molecule has 2 heterocycles. The molecule has 4 heteroatoms. The largest absolute Gasteiger partial charge is 0.354 e. The standard InChI is InChI=1S/C21H24N2OS/c1-14-8-10-18-17(13-14)16(21(23-18)19-7-4-12-25-19)9-11-20(24)22-15-5-2-3-6-15/h4,7-8,10,12-13,15,23H,2-3,5-6,9,11H2,1H3,(H,22,24). The maximum absolute atomic E-state index is 12.4. The molecule has 1 aliphatic rings. The molecule has 1 saturated carbocycles. The van der Waals surface area contributed by atoms with Gasteiger partial charge in [-0.2, -0.15) is 0 Å². The molecule has 1 amide bonds. The van der Waals surface area contributed by atoms with Crippen LogP contribution in [0.4, 0.5) is 0 Å². The van der Waals surface area contributed by atoms with Gasteiger partial charge in [0.25, 0.3) is 0 Å². The van der Waals surface area contributed by atoms with E-state index in [1.807, 2.05) is 0 Å². The predicted molar refractivity (Wildman–Crippen MR) is 105 cm³/mol. The molecule has 3 nitrogen and oxygen atoms in total. The predicted octanol–water partition coefficient (Wildman–Crippen LogP) is 5.20. The quantitative estimate of drug-likeness (QED) is 0.651. The Hall–Kier alpha value is -2.07. The number of benzene rings is 1. The van der Waals surface area contributed by atoms with Crippen LogP contribution in [0.25, 0.3) is 21.5 Å². The second-order valence-corrected chi connectivity index (χ2v) is 8.00. The van der Waals surface area contributed by atoms with E-state index in [4.69, 9.17) is 0 Å². The average molecular weight is 353 g/mol. The van der Waals surface area contributed by atoms with Gasteiger partial charge < -0.3 is 10.3 Å². The number of amides is 1. The second-order valence-electron chi connectivity index (χ2n) is 7.05. The number of carbonyl (C=O) groups is 1. The fraction of sp³-hybridized carbons (Fsp3) is 0.381. The topological polar surface area (TPSA) is 44.9 Å². The van der Waals surface area contributed by atoms with Crippen molar-refractivity contribution in [3.63, 3.8) is 0 Å². The van der Waals surface area contributed by atoms with Crippen LogP contribution in [0.5, 0.6) is 0 Å². The number of rotatable bonds is 5. The summed E-state index contributed by atoms with van der Waals surface area (Å²) in [6.45, 7) is 2.12. The van der Waals surface area contributed by atoms with Gasteiger partial charge in [0.15, 0.2) is 0 Å². The molecule has 130 valence electrons. The van der Waals surface area contributed by atoms with Crippen molar-refractivity contribution in [2.45, 2.75) is 51.5 Å². The third kappa shape index (κ3) is 3.49. The SMILES string of the molecule is Cc1ccc2[nH]c(-c3cccs3)c(CCC(=O)NC3CCCC3)c2c1. The zero-order valence-electron chi connectivity index (χ0n) is 14.6. The van der Waals surface area contributed by atoms with Gasteiger partial charge in [-0.25, -0.2) is 0 Å². The van der Waals surface area contributed by atoms with Crippen LogP contribution < -0.4 is 5.32 Å². The molecule has 1 fully saturated rings. The molecule has 0 bridgehead atoms. The maximum atomic E-state index is 12.4. The number of carbonyl (C=O) groups excluding carboxylic acids is 1. The number of aromatic amines is 1. The molecule has 0 radical (unpaired) electrons. The van der Waals surface area contributed by atoms with Gasteiger partial charge in [0.2, 0.25) is 5.91 Å². The molecule has 3 aromatic rings. The molecule has 0 aliphatic heterocycles. The molecule has 25 heavy (non-hydrogen) atoms. The highest BCUT2D eigenvalue weighted by Crippen LogP contribution is 2.34. The lowest BCUT2D eigenvalue weighted by atomic mass is 10.0. The molecular formula is C21H24N2OS. The van der Waals surface area contributed by atoms with Crippen LogP contribution in [0, 0.1) is 6.92 Å². The Morgan fingerprint density at radius 3 is 2.88 bits per heavy atom. The van der Waals surface area contributed by atoms with Crippen LogP contribution in [-0.4, -0.2) is 16.9 Å². The van der Waals surface area contributed by atoms with Gasteiger partial charge >= 0.3 is 0 Å². The van der Waals surface area contributed by atoms with E-state index in [0.29, 0.717) is 12.5 Å². The van der Waals surface area contributed by atoms with E-state index in [-0.39, 0.29) is 5.91 Å². The van der Waals surface area contributed by atoms with E-state index >= 15 is 0 Å². The van der Waals surface area contributed by atoms with Crippen LogP contribution in [0.2, 0.25) is 0 Å². The summed E-state index contributed by atoms with van der Waals surface area (Å²) in [7, 11) is 0. The number of aromatic nitrogens is 1. The third-order valence-electron chi connectivity index (χ3n) is 5.15. The van der Waals surface area contributed by atoms with Crippen molar-refractivity contribution < 1.29 is 4.79 Å². The first-order valence-electron chi connectivity index (χ1n) is 9.15. The minimum atomic E-state index is 0.186. The smallest absolute Gasteiger partial charge is 0.220 e. The summed E-state index contributed by atoms with van der Waals surface area (Å²) in [5.74, 6) is 0.186. The summed E-state index contributed by atoms with van der Waals surface area (Å²) in [6.07, 6.45) is 6.09. The van der Waals surface area contributed by atoms with E-state index in [0.717, 1.165) is 24.8 Å². The first-order valence-corrected chi connectivity index (χ1v) is 10.0. The van der Waals surface area contributed by atoms with Gasteiger partial charge in [0.05, 0.1) is 10.6 Å². The van der Waals surface area contributed by atoms with Gasteiger partial charge in [0, 0.05) is 23.4 Å². The Kier molecular flexibility index (Phi) is 4.62. The molecule has 0 atom stereocenters. The number of fused-ring (bicyclic) bond motifs is 1. The van der Waals surface area contributed by atoms with Crippen LogP contribution in [0.3, 0.4) is 0 Å². The fourth-order valence-corrected chi connectivity index (χ4v) is 4.61. The summed E-state index contributed by atoms with van der Waals surface area (Å²) >= 11 is 1.74. The lowest BCUT2D eigenvalue weighted by Gasteiger charge is -2.12. The Labute approximate surface area is 152 Å². The van der Waals surface area contributed by atoms with Crippen LogP contribution in [0.15, 0.2) is 35.7 Å². The van der Waals surface area contributed by atoms with Gasteiger partial charge in [-0.1, -0.05) is 30.5 Å². The Morgan fingerprint density at radius 1 is 1.28 bits per heavy atom. The van der Waals surface area contributed by atoms with E-state index in [1.165, 1.54) is 39.9 Å². The van der Waals surface area contributed by atoms with Crippen LogP contribution in [-0.2, 0) is 11.2 Å². The molecule has 2 N–H and O–H groups in total. The number of thiophene rings is 1. The minimum Gasteiger partial charge on any atom is -0.354 e. The maximum Gasteiger partial charge on any atom is 0.220 e. The second kappa shape index (κ2) is 7.04. The Bertz CT molecular complexity index is 873. The minimum absolute atomic E-state index is 0.186. The highest BCUT2D eigenvalue weighted by atomic mass is 32.1. The van der Waals surface area contributed by atoms with Crippen molar-refractivity contribution in [3.8, 4) is 10.6 Å². The zero-order valence-corrected chi connectivity index (χ0v) is 15.4. The molecule has 1 aromatic carbocycles. The normalized spacial score (nSPS) is 15.1. The van der Waals surface area contributed by atoms with Crippen LogP contribution >= 0.6 is 11.3 Å². The molecule has 0 unspecified atom stereocenters. The first-order chi connectivity index (χ1) is 12.2. The van der Waals surface area contributed by atoms with Gasteiger partial charge in [-0.05, 0) is 55.3 Å². The van der Waals surface area contributed by atoms with Crippen molar-refractivity contribution in [3.05, 3.63) is 46.8 Å². The lowest BCUT2D eigenvalue weighted by molar-refractivity contribution is -0.121. The van der Waals surface area contributed by atoms with Gasteiger partial charge in [0.1, 0.15) is 0 Å². The van der Waals surface area contributed by atoms with E-state index < -0.39 is 0 Å². The van der Waals surface area contributed by atoms with E-state index in [9.17, 15) is 4.79 Å². The Balaban J connectivity index is 1.59. The van der Waals surface area contributed by atoms with E-state index in [2.05, 4.69) is 52.9 Å². The highest BCUT2D eigenvalue weighted by molar-refractivity contribution is 7.13. The van der Waals surface area contributed by atoms with Crippen molar-refractivity contribution in [1.82, 2.24) is 10.3 Å². The van der Waals surface area contributed by atoms with Crippen LogP contribution in [0.1, 0.15) is 43.2 Å². The zero-order chi connectivity index (χ0) is 17.2. The average Bonchev–Trinajstić information content (AvgIpc) is 3.33. The molecule has 0 spiro atoms. The van der Waals surface area contributed by atoms with E-state index in [1.54, 1.807) is 11.3 Å². The summed E-state index contributed by atoms with van der Waals surface area (Å²) < 4.78 is 0. The number of aryl methyl sites for hydroxylation is 2. The van der Waals surface area contributed by atoms with Gasteiger partial charge in [-0.15, -0.1) is 11.3 Å². The molecular weight excluding hydrogens is 328 g/mol. The molecule has 1 aliphatic carbocycles. The summed E-state index contributed by atoms with van der Waals surface area (Å²) in [5.41, 5.74) is 4.84. The first kappa shape index (κ1) is 16.4. The highest BCUT2D eigenvalue weighted by Gasteiger charge is 2.19. The monoisotopic (exact) mass is 352 g/mol. The van der Waals surface area contributed by atoms with Crippen molar-refractivity contribution in [1.29, 1.82) is 0 Å². The van der Waals surface area contributed by atoms with Crippen molar-refractivity contribution in [2.75, 3.05) is 0 Å². The summed E-state index contributed by atoms with van der Waals surface area (Å²) in [6, 6.07) is 11.1. The molecule has 4 rings (SSSR count). The molecule has 0 saturated heterocycles. The van der Waals surface area contributed by atoms with Gasteiger partial charge in [-0.3, -0.25) is 4.79 Å². The number of nitrogens with one attached hydrogen (secondary N) is 2. The third-order valence-corrected chi connectivity index (χ3v) is 6.04. The molecule has 2 aromatic heterocycles. The number of H-pyrrole nitrogens is 1. The lowest BCUT2D eigenvalue weighted by Crippen LogP contribution is -2.32. The Morgan fingerprint density at radius 2 is 2.12 bits per heavy atom.